The lowest BCUT2D eigenvalue weighted by Crippen LogP contribution is -2.03. The summed E-state index contributed by atoms with van der Waals surface area (Å²) < 4.78 is 9.69. The van der Waals surface area contributed by atoms with Crippen molar-refractivity contribution in [2.75, 3.05) is 14.2 Å². The number of benzene rings is 2. The third-order valence-electron chi connectivity index (χ3n) is 3.29. The fourth-order valence-electron chi connectivity index (χ4n) is 2.26. The Bertz CT molecular complexity index is 793. The summed E-state index contributed by atoms with van der Waals surface area (Å²) >= 11 is 0. The first kappa shape index (κ1) is 15.4. The molecule has 22 heavy (non-hydrogen) atoms. The minimum Gasteiger partial charge on any atom is -0.506 e. The van der Waals surface area contributed by atoms with Crippen LogP contribution in [0.25, 0.3) is 10.8 Å². The van der Waals surface area contributed by atoms with Crippen LogP contribution in [0.3, 0.4) is 0 Å². The first-order chi connectivity index (χ1) is 10.3. The van der Waals surface area contributed by atoms with Crippen molar-refractivity contribution < 1.29 is 34.4 Å². The number of aromatic hydroxyl groups is 3. The maximum absolute atomic E-state index is 11.6. The van der Waals surface area contributed by atoms with Gasteiger partial charge in [-0.05, 0) is 19.1 Å². The first-order valence-electron chi connectivity index (χ1n) is 6.21. The quantitative estimate of drug-likeness (QED) is 0.344. The molecular weight excluding hydrogens is 292 g/mol. The average molecular weight is 306 g/mol. The molecule has 0 aromatic heterocycles. The van der Waals surface area contributed by atoms with Crippen LogP contribution in [-0.4, -0.2) is 41.3 Å². The summed E-state index contributed by atoms with van der Waals surface area (Å²) in [7, 11) is 2.49. The van der Waals surface area contributed by atoms with E-state index in [2.05, 4.69) is 4.74 Å². The van der Waals surface area contributed by atoms with E-state index in [1.54, 1.807) is 0 Å². The van der Waals surface area contributed by atoms with Gasteiger partial charge < -0.3 is 24.8 Å². The van der Waals surface area contributed by atoms with Crippen LogP contribution in [0, 0.1) is 0 Å². The van der Waals surface area contributed by atoms with E-state index < -0.39 is 34.6 Å². The van der Waals surface area contributed by atoms with Crippen molar-refractivity contribution in [1.82, 2.24) is 0 Å². The minimum atomic E-state index is -0.762. The molecule has 0 saturated carbocycles. The fourth-order valence-corrected chi connectivity index (χ4v) is 2.26. The average Bonchev–Trinajstić information content (AvgIpc) is 2.50. The predicted molar refractivity (Wildman–Crippen MR) is 76.8 cm³/mol. The summed E-state index contributed by atoms with van der Waals surface area (Å²) in [6, 6.07) is 2.52. The van der Waals surface area contributed by atoms with Gasteiger partial charge in [0.1, 0.15) is 17.1 Å². The molecular formula is C15H14O7. The van der Waals surface area contributed by atoms with Crippen molar-refractivity contribution in [2.45, 2.75) is 6.92 Å². The van der Waals surface area contributed by atoms with Crippen LogP contribution in [0.1, 0.15) is 27.6 Å². The Labute approximate surface area is 125 Å². The van der Waals surface area contributed by atoms with Crippen molar-refractivity contribution in [2.24, 2.45) is 0 Å². The molecule has 0 spiro atoms. The van der Waals surface area contributed by atoms with Gasteiger partial charge in [0.15, 0.2) is 17.3 Å². The maximum atomic E-state index is 11.6. The van der Waals surface area contributed by atoms with Gasteiger partial charge in [-0.25, -0.2) is 4.79 Å². The first-order valence-corrected chi connectivity index (χ1v) is 6.21. The number of rotatable bonds is 3. The molecule has 0 atom stereocenters. The second-order valence-electron chi connectivity index (χ2n) is 4.57. The van der Waals surface area contributed by atoms with E-state index in [1.807, 2.05) is 0 Å². The van der Waals surface area contributed by atoms with Gasteiger partial charge in [0, 0.05) is 5.39 Å². The van der Waals surface area contributed by atoms with E-state index in [0.717, 1.165) is 6.92 Å². The molecule has 0 aliphatic carbocycles. The second-order valence-corrected chi connectivity index (χ2v) is 4.57. The van der Waals surface area contributed by atoms with E-state index in [4.69, 9.17) is 4.74 Å². The minimum absolute atomic E-state index is 0.00986. The molecule has 0 fully saturated rings. The lowest BCUT2D eigenvalue weighted by molar-refractivity contribution is 0.0600. The van der Waals surface area contributed by atoms with Crippen LogP contribution >= 0.6 is 0 Å². The number of carbonyl (C=O) groups is 2. The molecule has 0 unspecified atom stereocenters. The molecule has 2 rings (SSSR count). The number of phenols is 3. The van der Waals surface area contributed by atoms with Gasteiger partial charge in [0.2, 0.25) is 0 Å². The van der Waals surface area contributed by atoms with Gasteiger partial charge in [-0.15, -0.1) is 0 Å². The summed E-state index contributed by atoms with van der Waals surface area (Å²) in [4.78, 5) is 23.2. The van der Waals surface area contributed by atoms with E-state index in [1.165, 1.54) is 26.4 Å². The molecule has 3 N–H and O–H groups in total. The molecule has 0 radical (unpaired) electrons. The molecule has 0 aliphatic rings. The Kier molecular flexibility index (Phi) is 3.81. The Morgan fingerprint density at radius 1 is 1.00 bits per heavy atom. The highest BCUT2D eigenvalue weighted by Gasteiger charge is 2.25. The normalized spacial score (nSPS) is 10.5. The van der Waals surface area contributed by atoms with Crippen molar-refractivity contribution in [3.63, 3.8) is 0 Å². The number of hydrogen-bond acceptors (Lipinski definition) is 7. The molecule has 7 nitrogen and oxygen atoms in total. The number of ether oxygens (including phenoxy) is 2. The molecule has 0 heterocycles. The van der Waals surface area contributed by atoms with E-state index in [-0.39, 0.29) is 22.1 Å². The Balaban J connectivity index is 3.00. The number of esters is 1. The highest BCUT2D eigenvalue weighted by Crippen LogP contribution is 2.47. The van der Waals surface area contributed by atoms with E-state index in [9.17, 15) is 24.9 Å². The SMILES string of the molecule is COC(=O)c1cc(OC)c2c(O)c(C(C)=O)c(O)c(O)c2c1. The number of Topliss-reactive ketones (excluding diaryl/α,β-unsaturated/α-hetero) is 1. The Morgan fingerprint density at radius 2 is 1.64 bits per heavy atom. The van der Waals surface area contributed by atoms with Crippen LogP contribution < -0.4 is 4.74 Å². The lowest BCUT2D eigenvalue weighted by Gasteiger charge is -2.14. The summed E-state index contributed by atoms with van der Waals surface area (Å²) in [6.45, 7) is 1.13. The zero-order valence-corrected chi connectivity index (χ0v) is 12.1. The Hall–Kier alpha value is -2.96. The zero-order valence-electron chi connectivity index (χ0n) is 12.1. The molecule has 2 aromatic carbocycles. The van der Waals surface area contributed by atoms with Crippen LogP contribution in [0.4, 0.5) is 0 Å². The van der Waals surface area contributed by atoms with Gasteiger partial charge in [-0.1, -0.05) is 0 Å². The van der Waals surface area contributed by atoms with Crippen LogP contribution in [0.2, 0.25) is 0 Å². The standard InChI is InChI=1S/C15H14O7/c1-6(16)10-13(18)11-8(12(17)14(10)19)4-7(15(20)22-3)5-9(11)21-2/h4-5,17-19H,1-3H3. The third-order valence-corrected chi connectivity index (χ3v) is 3.29. The van der Waals surface area contributed by atoms with E-state index in [0.29, 0.717) is 0 Å². The number of phenolic OH excluding ortho intramolecular Hbond substituents is 3. The van der Waals surface area contributed by atoms with Crippen molar-refractivity contribution in [1.29, 1.82) is 0 Å². The molecule has 7 heteroatoms. The third kappa shape index (κ3) is 2.16. The van der Waals surface area contributed by atoms with Gasteiger partial charge in [0.25, 0.3) is 0 Å². The van der Waals surface area contributed by atoms with Crippen molar-refractivity contribution in [3.8, 4) is 23.0 Å². The number of fused-ring (bicyclic) bond motifs is 1. The largest absolute Gasteiger partial charge is 0.506 e. The van der Waals surface area contributed by atoms with Crippen molar-refractivity contribution >= 4 is 22.5 Å². The summed E-state index contributed by atoms with van der Waals surface area (Å²) in [5.74, 6) is -3.21. The number of ketones is 1. The summed E-state index contributed by atoms with van der Waals surface area (Å²) in [5.41, 5.74) is -0.370. The number of hydrogen-bond donors (Lipinski definition) is 3. The van der Waals surface area contributed by atoms with Crippen LogP contribution in [-0.2, 0) is 4.74 Å². The van der Waals surface area contributed by atoms with Crippen LogP contribution in [0.5, 0.6) is 23.0 Å². The number of methoxy groups -OCH3 is 2. The van der Waals surface area contributed by atoms with Gasteiger partial charge in [0.05, 0.1) is 25.2 Å². The Morgan fingerprint density at radius 3 is 2.14 bits per heavy atom. The van der Waals surface area contributed by atoms with Gasteiger partial charge >= 0.3 is 5.97 Å². The zero-order chi connectivity index (χ0) is 16.6. The monoisotopic (exact) mass is 306 g/mol. The fraction of sp³-hybridized carbons (Fsp3) is 0.200. The smallest absolute Gasteiger partial charge is 0.338 e. The second kappa shape index (κ2) is 5.44. The maximum Gasteiger partial charge on any atom is 0.338 e. The highest BCUT2D eigenvalue weighted by atomic mass is 16.5. The molecule has 0 bridgehead atoms. The summed E-state index contributed by atoms with van der Waals surface area (Å²) in [5, 5.41) is 30.2. The van der Waals surface area contributed by atoms with Gasteiger partial charge in [-0.2, -0.15) is 0 Å². The molecule has 0 amide bonds. The predicted octanol–water partition coefficient (Wildman–Crippen LogP) is 1.95. The lowest BCUT2D eigenvalue weighted by atomic mass is 9.98. The molecule has 0 saturated heterocycles. The molecule has 0 aliphatic heterocycles. The summed E-state index contributed by atoms with van der Waals surface area (Å²) in [6.07, 6.45) is 0. The molecule has 2 aromatic rings. The van der Waals surface area contributed by atoms with Crippen molar-refractivity contribution in [3.05, 3.63) is 23.3 Å². The number of carbonyl (C=O) groups excluding carboxylic acids is 2. The highest BCUT2D eigenvalue weighted by molar-refractivity contribution is 6.12. The topological polar surface area (TPSA) is 113 Å². The van der Waals surface area contributed by atoms with E-state index >= 15 is 0 Å². The van der Waals surface area contributed by atoms with Crippen LogP contribution in [0.15, 0.2) is 12.1 Å². The van der Waals surface area contributed by atoms with Gasteiger partial charge in [-0.3, -0.25) is 4.79 Å². The molecule has 116 valence electrons.